The van der Waals surface area contributed by atoms with Gasteiger partial charge < -0.3 is 5.73 Å². The van der Waals surface area contributed by atoms with Crippen LogP contribution >= 0.6 is 0 Å². The highest BCUT2D eigenvalue weighted by atomic mass is 16.7. The molecule has 0 unspecified atom stereocenters. The van der Waals surface area contributed by atoms with Gasteiger partial charge in [-0.1, -0.05) is 18.2 Å². The summed E-state index contributed by atoms with van der Waals surface area (Å²) in [5, 5.41) is 0. The molecule has 0 aromatic heterocycles. The zero-order chi connectivity index (χ0) is 8.81. The number of nitrogens with two attached hydrogens (primary N) is 1. The number of amides is 1. The minimum atomic E-state index is -0.291. The summed E-state index contributed by atoms with van der Waals surface area (Å²) >= 11 is 0. The number of carbonyl (C=O) groups is 1. The first kappa shape index (κ1) is 8.70. The van der Waals surface area contributed by atoms with Crippen LogP contribution in [-0.2, 0) is 4.84 Å². The van der Waals surface area contributed by atoms with Gasteiger partial charge in [-0.05, 0) is 12.1 Å². The molecular formula is C8H10N2O2. The molecule has 64 valence electrons. The summed E-state index contributed by atoms with van der Waals surface area (Å²) in [5.74, 6) is -0.291. The summed E-state index contributed by atoms with van der Waals surface area (Å²) in [6.45, 7) is -0.0292. The van der Waals surface area contributed by atoms with E-state index in [9.17, 15) is 4.79 Å². The van der Waals surface area contributed by atoms with Gasteiger partial charge in [0.15, 0.2) is 0 Å². The fourth-order valence-corrected chi connectivity index (χ4v) is 0.756. The van der Waals surface area contributed by atoms with Crippen LogP contribution in [0.1, 0.15) is 10.4 Å². The van der Waals surface area contributed by atoms with E-state index in [1.807, 2.05) is 6.07 Å². The van der Waals surface area contributed by atoms with Crippen LogP contribution in [0.5, 0.6) is 0 Å². The van der Waals surface area contributed by atoms with Crippen LogP contribution in [0.2, 0.25) is 0 Å². The van der Waals surface area contributed by atoms with Gasteiger partial charge in [-0.3, -0.25) is 9.63 Å². The molecule has 0 aliphatic carbocycles. The lowest BCUT2D eigenvalue weighted by Gasteiger charge is -2.02. The standard InChI is InChI=1S/C8H10N2O2/c9-6-12-10-8(11)7-4-2-1-3-5-7/h1-5H,6,9H2,(H,10,11). The van der Waals surface area contributed by atoms with Crippen LogP contribution in [0.4, 0.5) is 0 Å². The average molecular weight is 166 g/mol. The topological polar surface area (TPSA) is 64.3 Å². The Kier molecular flexibility index (Phi) is 3.25. The monoisotopic (exact) mass is 166 g/mol. The first-order valence-corrected chi connectivity index (χ1v) is 3.52. The lowest BCUT2D eigenvalue weighted by atomic mass is 10.2. The molecule has 1 aromatic rings. The molecule has 0 radical (unpaired) electrons. The quantitative estimate of drug-likeness (QED) is 0.500. The maximum Gasteiger partial charge on any atom is 0.274 e. The summed E-state index contributed by atoms with van der Waals surface area (Å²) in [6, 6.07) is 8.76. The maximum atomic E-state index is 11.1. The Morgan fingerprint density at radius 2 is 2.08 bits per heavy atom. The van der Waals surface area contributed by atoms with Crippen LogP contribution in [0.15, 0.2) is 30.3 Å². The van der Waals surface area contributed by atoms with Crippen molar-refractivity contribution in [1.82, 2.24) is 5.48 Å². The number of carbonyl (C=O) groups excluding carboxylic acids is 1. The number of hydrogen-bond donors (Lipinski definition) is 2. The molecule has 0 aliphatic rings. The normalized spacial score (nSPS) is 9.42. The molecule has 0 atom stereocenters. The van der Waals surface area contributed by atoms with Crippen LogP contribution in [0, 0.1) is 0 Å². The van der Waals surface area contributed by atoms with E-state index >= 15 is 0 Å². The molecular weight excluding hydrogens is 156 g/mol. The van der Waals surface area contributed by atoms with Crippen LogP contribution in [0.3, 0.4) is 0 Å². The van der Waals surface area contributed by atoms with Crippen LogP contribution in [0.25, 0.3) is 0 Å². The Balaban J connectivity index is 2.54. The van der Waals surface area contributed by atoms with E-state index in [0.717, 1.165) is 0 Å². The van der Waals surface area contributed by atoms with Crippen molar-refractivity contribution in [2.75, 3.05) is 6.73 Å². The summed E-state index contributed by atoms with van der Waals surface area (Å²) in [4.78, 5) is 15.6. The van der Waals surface area contributed by atoms with E-state index in [4.69, 9.17) is 5.73 Å². The molecule has 1 amide bonds. The molecule has 0 saturated carbocycles. The van der Waals surface area contributed by atoms with E-state index in [0.29, 0.717) is 5.56 Å². The average Bonchev–Trinajstić information content (AvgIpc) is 2.15. The Labute approximate surface area is 70.3 Å². The zero-order valence-electron chi connectivity index (χ0n) is 6.49. The highest BCUT2D eigenvalue weighted by Gasteiger charge is 2.01. The van der Waals surface area contributed by atoms with Crippen molar-refractivity contribution in [1.29, 1.82) is 0 Å². The summed E-state index contributed by atoms with van der Waals surface area (Å²) in [6.07, 6.45) is 0. The molecule has 0 aliphatic heterocycles. The van der Waals surface area contributed by atoms with Crippen molar-refractivity contribution in [2.45, 2.75) is 0 Å². The van der Waals surface area contributed by atoms with Gasteiger partial charge in [0.05, 0.1) is 0 Å². The first-order chi connectivity index (χ1) is 5.84. The van der Waals surface area contributed by atoms with E-state index < -0.39 is 0 Å². The van der Waals surface area contributed by atoms with Gasteiger partial charge in [-0.15, -0.1) is 0 Å². The number of hydroxylamine groups is 1. The third kappa shape index (κ3) is 2.34. The fourth-order valence-electron chi connectivity index (χ4n) is 0.756. The highest BCUT2D eigenvalue weighted by molar-refractivity contribution is 5.93. The first-order valence-electron chi connectivity index (χ1n) is 3.52. The van der Waals surface area contributed by atoms with Crippen molar-refractivity contribution in [3.05, 3.63) is 35.9 Å². The van der Waals surface area contributed by atoms with Crippen molar-refractivity contribution in [3.8, 4) is 0 Å². The SMILES string of the molecule is NCONC(=O)c1ccccc1. The largest absolute Gasteiger partial charge is 0.307 e. The van der Waals surface area contributed by atoms with Gasteiger partial charge in [-0.2, -0.15) is 0 Å². The Morgan fingerprint density at radius 1 is 1.42 bits per heavy atom. The van der Waals surface area contributed by atoms with E-state index in [2.05, 4.69) is 10.3 Å². The predicted molar refractivity (Wildman–Crippen MR) is 44.0 cm³/mol. The van der Waals surface area contributed by atoms with E-state index in [-0.39, 0.29) is 12.6 Å². The van der Waals surface area contributed by atoms with Crippen LogP contribution in [-0.4, -0.2) is 12.6 Å². The fraction of sp³-hybridized carbons (Fsp3) is 0.125. The number of benzene rings is 1. The molecule has 3 N–H and O–H groups in total. The molecule has 0 fully saturated rings. The third-order valence-corrected chi connectivity index (χ3v) is 1.28. The summed E-state index contributed by atoms with van der Waals surface area (Å²) < 4.78 is 0. The second kappa shape index (κ2) is 4.48. The molecule has 0 saturated heterocycles. The smallest absolute Gasteiger partial charge is 0.274 e. The van der Waals surface area contributed by atoms with E-state index in [1.54, 1.807) is 24.3 Å². The molecule has 4 heteroatoms. The van der Waals surface area contributed by atoms with E-state index in [1.165, 1.54) is 0 Å². The van der Waals surface area contributed by atoms with Gasteiger partial charge in [0.2, 0.25) is 0 Å². The molecule has 0 spiro atoms. The Bertz CT molecular complexity index is 248. The second-order valence-corrected chi connectivity index (χ2v) is 2.11. The predicted octanol–water partition coefficient (Wildman–Crippen LogP) is 0.264. The van der Waals surface area contributed by atoms with Crippen molar-refractivity contribution >= 4 is 5.91 Å². The number of hydrogen-bond acceptors (Lipinski definition) is 3. The lowest BCUT2D eigenvalue weighted by Crippen LogP contribution is -2.26. The zero-order valence-corrected chi connectivity index (χ0v) is 6.49. The number of nitrogens with one attached hydrogen (secondary N) is 1. The van der Waals surface area contributed by atoms with Gasteiger partial charge in [0.25, 0.3) is 5.91 Å². The van der Waals surface area contributed by atoms with Gasteiger partial charge in [-0.25, -0.2) is 5.48 Å². The highest BCUT2D eigenvalue weighted by Crippen LogP contribution is 1.96. The molecule has 12 heavy (non-hydrogen) atoms. The Morgan fingerprint density at radius 3 is 2.67 bits per heavy atom. The van der Waals surface area contributed by atoms with Crippen molar-refractivity contribution in [2.24, 2.45) is 5.73 Å². The number of rotatable bonds is 3. The molecule has 0 bridgehead atoms. The van der Waals surface area contributed by atoms with Crippen molar-refractivity contribution < 1.29 is 9.63 Å². The maximum absolute atomic E-state index is 11.1. The van der Waals surface area contributed by atoms with Gasteiger partial charge >= 0.3 is 0 Å². The Hall–Kier alpha value is -1.39. The minimum absolute atomic E-state index is 0.0292. The third-order valence-electron chi connectivity index (χ3n) is 1.28. The molecule has 0 heterocycles. The summed E-state index contributed by atoms with van der Waals surface area (Å²) in [5.41, 5.74) is 7.75. The summed E-state index contributed by atoms with van der Waals surface area (Å²) in [7, 11) is 0. The lowest BCUT2D eigenvalue weighted by molar-refractivity contribution is 0.0338. The van der Waals surface area contributed by atoms with Gasteiger partial charge in [0, 0.05) is 5.56 Å². The van der Waals surface area contributed by atoms with Crippen molar-refractivity contribution in [3.63, 3.8) is 0 Å². The minimum Gasteiger partial charge on any atom is -0.307 e. The molecule has 1 aromatic carbocycles. The molecule has 4 nitrogen and oxygen atoms in total. The molecule has 1 rings (SSSR count). The second-order valence-electron chi connectivity index (χ2n) is 2.11. The van der Waals surface area contributed by atoms with Crippen LogP contribution < -0.4 is 11.2 Å². The van der Waals surface area contributed by atoms with Gasteiger partial charge in [0.1, 0.15) is 6.73 Å².